The molecule has 0 bridgehead atoms. The lowest BCUT2D eigenvalue weighted by atomic mass is 9.99. The molecule has 22 heavy (non-hydrogen) atoms. The van der Waals surface area contributed by atoms with Crippen molar-refractivity contribution in [3.63, 3.8) is 0 Å². The number of rotatable bonds is 5. The smallest absolute Gasteiger partial charge is 0.143 e. The fraction of sp³-hybridized carbons (Fsp3) is 0.333. The molecule has 0 spiro atoms. The average molecular weight is 297 g/mol. The van der Waals surface area contributed by atoms with Crippen molar-refractivity contribution in [3.8, 4) is 5.75 Å². The molecule has 1 aliphatic rings. The van der Waals surface area contributed by atoms with E-state index in [1.54, 1.807) is 5.12 Å². The molecular weight excluding hydrogens is 274 g/mol. The Hall–Kier alpha value is -2.36. The molecule has 0 aromatic heterocycles. The lowest BCUT2D eigenvalue weighted by molar-refractivity contribution is 0.473. The van der Waals surface area contributed by atoms with Crippen LogP contribution < -0.4 is 16.0 Å². The van der Waals surface area contributed by atoms with E-state index in [1.807, 2.05) is 36.4 Å². The Morgan fingerprint density at radius 3 is 2.36 bits per heavy atom. The van der Waals surface area contributed by atoms with Crippen LogP contribution in [0.25, 0.3) is 0 Å². The van der Waals surface area contributed by atoms with Gasteiger partial charge in [-0.15, -0.1) is 0 Å². The molecular formula is C18H23N3O. The molecule has 0 saturated heterocycles. The van der Waals surface area contributed by atoms with Crippen LogP contribution in [0.5, 0.6) is 5.75 Å². The highest BCUT2D eigenvalue weighted by molar-refractivity contribution is 5.80. The van der Waals surface area contributed by atoms with Gasteiger partial charge in [-0.05, 0) is 48.6 Å². The maximum absolute atomic E-state index is 10.3. The fourth-order valence-electron chi connectivity index (χ4n) is 2.60. The number of para-hydroxylation sites is 2. The molecule has 0 radical (unpaired) electrons. The van der Waals surface area contributed by atoms with Crippen molar-refractivity contribution in [2.75, 3.05) is 16.0 Å². The number of nitrogens with zero attached hydrogens (tertiary/aromatic N) is 1. The van der Waals surface area contributed by atoms with Crippen LogP contribution >= 0.6 is 0 Å². The normalized spacial score (nSPS) is 14.2. The SMILES string of the molecule is CCC(C)CCc1ccc(N2Nc3ccccc3N2)c(O)c1. The van der Waals surface area contributed by atoms with E-state index < -0.39 is 0 Å². The zero-order valence-corrected chi connectivity index (χ0v) is 13.1. The van der Waals surface area contributed by atoms with Crippen molar-refractivity contribution < 1.29 is 5.11 Å². The summed E-state index contributed by atoms with van der Waals surface area (Å²) in [6.07, 6.45) is 3.36. The van der Waals surface area contributed by atoms with Gasteiger partial charge in [0.25, 0.3) is 0 Å². The van der Waals surface area contributed by atoms with Crippen LogP contribution in [0.15, 0.2) is 42.5 Å². The Bertz CT molecular complexity index is 632. The maximum Gasteiger partial charge on any atom is 0.143 e. The third-order valence-corrected chi connectivity index (χ3v) is 4.30. The summed E-state index contributed by atoms with van der Waals surface area (Å²) in [5, 5.41) is 12.1. The molecule has 0 aliphatic carbocycles. The second kappa shape index (κ2) is 6.18. The molecule has 1 heterocycles. The van der Waals surface area contributed by atoms with Gasteiger partial charge < -0.3 is 5.11 Å². The number of nitrogens with one attached hydrogen (secondary N) is 2. The fourth-order valence-corrected chi connectivity index (χ4v) is 2.60. The summed E-state index contributed by atoms with van der Waals surface area (Å²) in [6.45, 7) is 4.48. The summed E-state index contributed by atoms with van der Waals surface area (Å²) in [4.78, 5) is 0. The van der Waals surface area contributed by atoms with Crippen LogP contribution in [-0.4, -0.2) is 5.11 Å². The van der Waals surface area contributed by atoms with Gasteiger partial charge in [-0.25, -0.2) is 0 Å². The molecule has 0 saturated carbocycles. The monoisotopic (exact) mass is 297 g/mol. The standard InChI is InChI=1S/C18H23N3O/c1-3-13(2)8-9-14-10-11-17(18(22)12-14)21-19-15-6-4-5-7-16(15)20-21/h4-7,10-13,19-20,22H,3,8-9H2,1-2H3. The number of benzene rings is 2. The number of aryl methyl sites for hydroxylation is 1. The number of aromatic hydroxyl groups is 1. The van der Waals surface area contributed by atoms with E-state index in [4.69, 9.17) is 0 Å². The van der Waals surface area contributed by atoms with Gasteiger partial charge in [0.15, 0.2) is 0 Å². The second-order valence-corrected chi connectivity index (χ2v) is 5.98. The van der Waals surface area contributed by atoms with Crippen molar-refractivity contribution in [3.05, 3.63) is 48.0 Å². The van der Waals surface area contributed by atoms with E-state index in [0.717, 1.165) is 35.8 Å². The third-order valence-electron chi connectivity index (χ3n) is 4.30. The predicted octanol–water partition coefficient (Wildman–Crippen LogP) is 4.54. The molecule has 3 N–H and O–H groups in total. The predicted molar refractivity (Wildman–Crippen MR) is 92.0 cm³/mol. The van der Waals surface area contributed by atoms with Crippen LogP contribution in [-0.2, 0) is 6.42 Å². The summed E-state index contributed by atoms with van der Waals surface area (Å²) in [6, 6.07) is 13.9. The number of anilines is 3. The lowest BCUT2D eigenvalue weighted by Gasteiger charge is -2.20. The van der Waals surface area contributed by atoms with Crippen molar-refractivity contribution in [2.45, 2.75) is 33.1 Å². The first kappa shape index (κ1) is 14.6. The van der Waals surface area contributed by atoms with Gasteiger partial charge in [-0.3, -0.25) is 10.9 Å². The number of fused-ring (bicyclic) bond motifs is 1. The first-order valence-electron chi connectivity index (χ1n) is 7.91. The second-order valence-electron chi connectivity index (χ2n) is 5.98. The van der Waals surface area contributed by atoms with Crippen LogP contribution in [0.1, 0.15) is 32.3 Å². The Morgan fingerprint density at radius 2 is 1.77 bits per heavy atom. The van der Waals surface area contributed by atoms with Crippen molar-refractivity contribution in [2.24, 2.45) is 5.92 Å². The molecule has 3 rings (SSSR count). The summed E-state index contributed by atoms with van der Waals surface area (Å²) in [7, 11) is 0. The Labute approximate surface area is 131 Å². The van der Waals surface area contributed by atoms with E-state index in [0.29, 0.717) is 0 Å². The van der Waals surface area contributed by atoms with Gasteiger partial charge in [0.05, 0.1) is 11.4 Å². The Kier molecular flexibility index (Phi) is 4.09. The summed E-state index contributed by atoms with van der Waals surface area (Å²) in [5.41, 5.74) is 10.4. The third kappa shape index (κ3) is 2.96. The summed E-state index contributed by atoms with van der Waals surface area (Å²) < 4.78 is 0. The summed E-state index contributed by atoms with van der Waals surface area (Å²) >= 11 is 0. The van der Waals surface area contributed by atoms with Gasteiger partial charge in [0.2, 0.25) is 0 Å². The minimum atomic E-state index is 0.287. The van der Waals surface area contributed by atoms with Crippen LogP contribution in [0.4, 0.5) is 17.1 Å². The van der Waals surface area contributed by atoms with E-state index in [2.05, 4.69) is 30.8 Å². The highest BCUT2D eigenvalue weighted by Gasteiger charge is 2.19. The quantitative estimate of drug-likeness (QED) is 0.758. The molecule has 1 atom stereocenters. The molecule has 0 fully saturated rings. The highest BCUT2D eigenvalue weighted by atomic mass is 16.3. The number of hydrogen-bond donors (Lipinski definition) is 3. The van der Waals surface area contributed by atoms with Crippen LogP contribution in [0.3, 0.4) is 0 Å². The summed E-state index contributed by atoms with van der Waals surface area (Å²) in [5.74, 6) is 1.01. The van der Waals surface area contributed by atoms with Crippen LogP contribution in [0, 0.1) is 5.92 Å². The molecule has 4 nitrogen and oxygen atoms in total. The molecule has 1 unspecified atom stereocenters. The topological polar surface area (TPSA) is 47.5 Å². The van der Waals surface area contributed by atoms with Gasteiger partial charge in [-0.2, -0.15) is 5.12 Å². The molecule has 116 valence electrons. The average Bonchev–Trinajstić information content (AvgIpc) is 2.96. The minimum absolute atomic E-state index is 0.287. The molecule has 1 aliphatic heterocycles. The van der Waals surface area contributed by atoms with E-state index in [9.17, 15) is 5.11 Å². The van der Waals surface area contributed by atoms with Gasteiger partial charge in [0, 0.05) is 0 Å². The highest BCUT2D eigenvalue weighted by Crippen LogP contribution is 2.35. The zero-order chi connectivity index (χ0) is 15.5. The van der Waals surface area contributed by atoms with E-state index in [1.165, 1.54) is 12.0 Å². The number of phenols is 1. The molecule has 0 amide bonds. The Morgan fingerprint density at radius 1 is 1.09 bits per heavy atom. The number of hydrogen-bond acceptors (Lipinski definition) is 4. The van der Waals surface area contributed by atoms with E-state index in [-0.39, 0.29) is 5.75 Å². The van der Waals surface area contributed by atoms with Crippen LogP contribution in [0.2, 0.25) is 0 Å². The number of phenolic OH excluding ortho intramolecular Hbond substituents is 1. The molecule has 2 aromatic rings. The van der Waals surface area contributed by atoms with Crippen molar-refractivity contribution in [1.29, 1.82) is 0 Å². The first-order chi connectivity index (χ1) is 10.7. The van der Waals surface area contributed by atoms with Crippen molar-refractivity contribution in [1.82, 2.24) is 0 Å². The maximum atomic E-state index is 10.3. The van der Waals surface area contributed by atoms with Gasteiger partial charge >= 0.3 is 0 Å². The minimum Gasteiger partial charge on any atom is -0.506 e. The lowest BCUT2D eigenvalue weighted by Crippen LogP contribution is -2.29. The van der Waals surface area contributed by atoms with Crippen molar-refractivity contribution >= 4 is 17.1 Å². The van der Waals surface area contributed by atoms with E-state index >= 15 is 0 Å². The largest absolute Gasteiger partial charge is 0.506 e. The zero-order valence-electron chi connectivity index (χ0n) is 13.1. The first-order valence-corrected chi connectivity index (χ1v) is 7.91. The number of hydrazine groups is 2. The van der Waals surface area contributed by atoms with Gasteiger partial charge in [-0.1, -0.05) is 38.5 Å². The van der Waals surface area contributed by atoms with Gasteiger partial charge in [0.1, 0.15) is 11.4 Å². The molecule has 2 aromatic carbocycles. The molecule has 4 heteroatoms. The Balaban J connectivity index is 1.71.